The first kappa shape index (κ1) is 17.4. The van der Waals surface area contributed by atoms with Crippen LogP contribution in [-0.4, -0.2) is 38.9 Å². The van der Waals surface area contributed by atoms with Crippen molar-refractivity contribution in [2.45, 2.75) is 17.9 Å². The monoisotopic (exact) mass is 361 g/mol. The van der Waals surface area contributed by atoms with Crippen molar-refractivity contribution in [1.82, 2.24) is 4.90 Å². The van der Waals surface area contributed by atoms with Crippen LogP contribution in [0.3, 0.4) is 0 Å². The van der Waals surface area contributed by atoms with Gasteiger partial charge in [0, 0.05) is 6.54 Å². The smallest absolute Gasteiger partial charge is 0.339 e. The van der Waals surface area contributed by atoms with Crippen LogP contribution >= 0.6 is 0 Å². The Morgan fingerprint density at radius 3 is 2.44 bits per heavy atom. The molecule has 0 saturated carbocycles. The van der Waals surface area contributed by atoms with E-state index in [1.807, 2.05) is 6.92 Å². The average molecular weight is 361 g/mol. The van der Waals surface area contributed by atoms with E-state index in [9.17, 15) is 13.2 Å². The van der Waals surface area contributed by atoms with Crippen molar-refractivity contribution in [3.8, 4) is 5.75 Å². The van der Waals surface area contributed by atoms with E-state index < -0.39 is 10.1 Å². The average Bonchev–Trinajstić information content (AvgIpc) is 2.63. The van der Waals surface area contributed by atoms with Gasteiger partial charge in [0.2, 0.25) is 5.91 Å². The highest BCUT2D eigenvalue weighted by molar-refractivity contribution is 7.87. The van der Waals surface area contributed by atoms with Gasteiger partial charge in [-0.2, -0.15) is 8.42 Å². The lowest BCUT2D eigenvalue weighted by molar-refractivity contribution is -0.148. The Bertz CT molecular complexity index is 834. The van der Waals surface area contributed by atoms with Crippen molar-refractivity contribution in [2.24, 2.45) is 0 Å². The van der Waals surface area contributed by atoms with Gasteiger partial charge in [-0.05, 0) is 36.8 Å². The van der Waals surface area contributed by atoms with Gasteiger partial charge < -0.3 is 13.8 Å². The maximum absolute atomic E-state index is 12.2. The molecule has 7 heteroatoms. The third-order valence-electron chi connectivity index (χ3n) is 4.02. The van der Waals surface area contributed by atoms with Crippen LogP contribution in [0.5, 0.6) is 5.75 Å². The van der Waals surface area contributed by atoms with Crippen molar-refractivity contribution in [3.05, 3.63) is 60.2 Å². The molecular formula is C18H19NO5S. The van der Waals surface area contributed by atoms with E-state index in [-0.39, 0.29) is 29.3 Å². The molecule has 0 radical (unpaired) electrons. The molecule has 1 aliphatic heterocycles. The highest BCUT2D eigenvalue weighted by Gasteiger charge is 2.26. The van der Waals surface area contributed by atoms with Crippen LogP contribution in [0.2, 0.25) is 0 Å². The van der Waals surface area contributed by atoms with Crippen molar-refractivity contribution in [3.63, 3.8) is 0 Å². The summed E-state index contributed by atoms with van der Waals surface area (Å²) in [5, 5.41) is 0. The van der Waals surface area contributed by atoms with Gasteiger partial charge in [-0.1, -0.05) is 30.3 Å². The number of benzene rings is 2. The standard InChI is InChI=1S/C18H19NO5S/c1-2-19-12-17(23-13-18(19)20)14-8-10-15(11-9-14)24-25(21,22)16-6-4-3-5-7-16/h3-11,17H,2,12-13H2,1H3/t17-/m1/s1. The van der Waals surface area contributed by atoms with E-state index in [0.29, 0.717) is 13.1 Å². The highest BCUT2D eigenvalue weighted by Crippen LogP contribution is 2.26. The molecule has 2 aromatic carbocycles. The summed E-state index contributed by atoms with van der Waals surface area (Å²) in [6, 6.07) is 14.7. The zero-order chi connectivity index (χ0) is 17.9. The Morgan fingerprint density at radius 1 is 1.12 bits per heavy atom. The first-order valence-electron chi connectivity index (χ1n) is 7.98. The molecule has 0 N–H and O–H groups in total. The van der Waals surface area contributed by atoms with Crippen molar-refractivity contribution >= 4 is 16.0 Å². The number of likely N-dealkylation sites (N-methyl/N-ethyl adjacent to an activating group) is 1. The Kier molecular flexibility index (Phi) is 5.06. The van der Waals surface area contributed by atoms with Crippen LogP contribution in [0.1, 0.15) is 18.6 Å². The second kappa shape index (κ2) is 7.25. The molecule has 3 rings (SSSR count). The number of rotatable bonds is 5. The number of carbonyl (C=O) groups excluding carboxylic acids is 1. The van der Waals surface area contributed by atoms with Gasteiger partial charge in [0.25, 0.3) is 0 Å². The Balaban J connectivity index is 1.72. The molecule has 1 saturated heterocycles. The molecule has 0 unspecified atom stereocenters. The molecule has 1 aliphatic rings. The summed E-state index contributed by atoms with van der Waals surface area (Å²) < 4.78 is 35.2. The summed E-state index contributed by atoms with van der Waals surface area (Å²) in [6.07, 6.45) is -0.225. The predicted octanol–water partition coefficient (Wildman–Crippen LogP) is 2.37. The molecule has 25 heavy (non-hydrogen) atoms. The second-order valence-corrected chi connectivity index (χ2v) is 7.20. The summed E-state index contributed by atoms with van der Waals surface area (Å²) in [7, 11) is -3.86. The fourth-order valence-corrected chi connectivity index (χ4v) is 3.58. The van der Waals surface area contributed by atoms with E-state index in [1.54, 1.807) is 47.4 Å². The third kappa shape index (κ3) is 4.00. The van der Waals surface area contributed by atoms with Crippen LogP contribution in [0, 0.1) is 0 Å². The van der Waals surface area contributed by atoms with Crippen LogP contribution in [0.25, 0.3) is 0 Å². The van der Waals surface area contributed by atoms with E-state index in [1.165, 1.54) is 12.1 Å². The van der Waals surface area contributed by atoms with Crippen molar-refractivity contribution in [1.29, 1.82) is 0 Å². The molecule has 0 aromatic heterocycles. The fourth-order valence-electron chi connectivity index (χ4n) is 2.62. The van der Waals surface area contributed by atoms with Crippen molar-refractivity contribution < 1.29 is 22.1 Å². The molecule has 1 atom stereocenters. The lowest BCUT2D eigenvalue weighted by Crippen LogP contribution is -2.42. The third-order valence-corrected chi connectivity index (χ3v) is 5.28. The molecule has 1 fully saturated rings. The summed E-state index contributed by atoms with van der Waals surface area (Å²) in [5.41, 5.74) is 0.871. The largest absolute Gasteiger partial charge is 0.379 e. The minimum absolute atomic E-state index is 0.0207. The van der Waals surface area contributed by atoms with Gasteiger partial charge in [-0.15, -0.1) is 0 Å². The maximum atomic E-state index is 12.2. The number of ether oxygens (including phenoxy) is 1. The van der Waals surface area contributed by atoms with E-state index >= 15 is 0 Å². The molecule has 6 nitrogen and oxygen atoms in total. The zero-order valence-corrected chi connectivity index (χ0v) is 14.6. The summed E-state index contributed by atoms with van der Waals surface area (Å²) in [5.74, 6) is 0.208. The number of hydrogen-bond acceptors (Lipinski definition) is 5. The van der Waals surface area contributed by atoms with Gasteiger partial charge in [0.05, 0.1) is 6.54 Å². The van der Waals surface area contributed by atoms with E-state index in [2.05, 4.69) is 0 Å². The Labute approximate surface area is 147 Å². The van der Waals surface area contributed by atoms with Crippen LogP contribution in [0.4, 0.5) is 0 Å². The normalized spacial score (nSPS) is 18.2. The topological polar surface area (TPSA) is 72.9 Å². The van der Waals surface area contributed by atoms with Crippen LogP contribution in [0.15, 0.2) is 59.5 Å². The molecule has 1 heterocycles. The SMILES string of the molecule is CCN1C[C@H](c2ccc(OS(=O)(=O)c3ccccc3)cc2)OCC1=O. The lowest BCUT2D eigenvalue weighted by Gasteiger charge is -2.32. The molecule has 0 spiro atoms. The van der Waals surface area contributed by atoms with E-state index in [4.69, 9.17) is 8.92 Å². The molecule has 0 bridgehead atoms. The summed E-state index contributed by atoms with van der Waals surface area (Å²) in [4.78, 5) is 13.5. The van der Waals surface area contributed by atoms with Gasteiger partial charge in [0.15, 0.2) is 0 Å². The second-order valence-electron chi connectivity index (χ2n) is 5.65. The highest BCUT2D eigenvalue weighted by atomic mass is 32.2. The summed E-state index contributed by atoms with van der Waals surface area (Å²) >= 11 is 0. The van der Waals surface area contributed by atoms with Crippen LogP contribution < -0.4 is 4.18 Å². The molecule has 132 valence electrons. The Hall–Kier alpha value is -2.38. The summed E-state index contributed by atoms with van der Waals surface area (Å²) in [6.45, 7) is 3.10. The van der Waals surface area contributed by atoms with Gasteiger partial charge in [0.1, 0.15) is 23.4 Å². The lowest BCUT2D eigenvalue weighted by atomic mass is 10.1. The van der Waals surface area contributed by atoms with Crippen LogP contribution in [-0.2, 0) is 19.6 Å². The predicted molar refractivity (Wildman–Crippen MR) is 91.6 cm³/mol. The quantitative estimate of drug-likeness (QED) is 0.765. The minimum Gasteiger partial charge on any atom is -0.379 e. The Morgan fingerprint density at radius 2 is 1.80 bits per heavy atom. The molecule has 2 aromatic rings. The maximum Gasteiger partial charge on any atom is 0.339 e. The van der Waals surface area contributed by atoms with E-state index in [0.717, 1.165) is 5.56 Å². The molecule has 0 aliphatic carbocycles. The number of amides is 1. The minimum atomic E-state index is -3.86. The number of hydrogen-bond donors (Lipinski definition) is 0. The zero-order valence-electron chi connectivity index (χ0n) is 13.8. The van der Waals surface area contributed by atoms with Gasteiger partial charge >= 0.3 is 10.1 Å². The number of carbonyl (C=O) groups is 1. The van der Waals surface area contributed by atoms with Gasteiger partial charge in [-0.3, -0.25) is 4.79 Å². The molecule has 1 amide bonds. The number of morpholine rings is 1. The van der Waals surface area contributed by atoms with Crippen molar-refractivity contribution in [2.75, 3.05) is 19.7 Å². The fraction of sp³-hybridized carbons (Fsp3) is 0.278. The molecular weight excluding hydrogens is 342 g/mol. The van der Waals surface area contributed by atoms with Gasteiger partial charge in [-0.25, -0.2) is 0 Å². The number of nitrogens with zero attached hydrogens (tertiary/aromatic N) is 1. The first-order chi connectivity index (χ1) is 12.0. The first-order valence-corrected chi connectivity index (χ1v) is 9.39.